The number of hydrogen-bond acceptors (Lipinski definition) is 4. The Morgan fingerprint density at radius 3 is 2.37 bits per heavy atom. The van der Waals surface area contributed by atoms with E-state index in [9.17, 15) is 9.59 Å². The van der Waals surface area contributed by atoms with E-state index >= 15 is 0 Å². The highest BCUT2D eigenvalue weighted by Crippen LogP contribution is 2.23. The Balaban J connectivity index is 1.48. The lowest BCUT2D eigenvalue weighted by molar-refractivity contribution is -0.122. The molecule has 2 heterocycles. The fraction of sp³-hybridized carbons (Fsp3) is 0.500. The van der Waals surface area contributed by atoms with Gasteiger partial charge in [-0.25, -0.2) is 0 Å². The molecule has 0 saturated carbocycles. The first-order valence-corrected chi connectivity index (χ1v) is 11.6. The van der Waals surface area contributed by atoms with Gasteiger partial charge in [0.1, 0.15) is 0 Å². The van der Waals surface area contributed by atoms with Gasteiger partial charge in [-0.3, -0.25) is 14.5 Å². The summed E-state index contributed by atoms with van der Waals surface area (Å²) in [6.45, 7) is 9.97. The zero-order valence-electron chi connectivity index (χ0n) is 18.2. The van der Waals surface area contributed by atoms with Crippen molar-refractivity contribution in [3.63, 3.8) is 0 Å². The van der Waals surface area contributed by atoms with Gasteiger partial charge >= 0.3 is 0 Å². The van der Waals surface area contributed by atoms with Crippen LogP contribution in [0.25, 0.3) is 0 Å². The Labute approximate surface area is 183 Å². The molecule has 1 aliphatic rings. The minimum Gasteiger partial charge on any atom is -0.352 e. The first-order chi connectivity index (χ1) is 14.4. The van der Waals surface area contributed by atoms with Crippen LogP contribution < -0.4 is 10.6 Å². The zero-order valence-corrected chi connectivity index (χ0v) is 19.0. The number of nitrogens with one attached hydrogen (secondary N) is 2. The van der Waals surface area contributed by atoms with Crippen LogP contribution in [0.3, 0.4) is 0 Å². The Hall–Kier alpha value is -2.18. The van der Waals surface area contributed by atoms with Crippen LogP contribution in [0, 0.1) is 11.8 Å². The number of thiophene rings is 1. The van der Waals surface area contributed by atoms with Crippen molar-refractivity contribution in [2.24, 2.45) is 11.8 Å². The van der Waals surface area contributed by atoms with Crippen LogP contribution in [0.5, 0.6) is 0 Å². The zero-order chi connectivity index (χ0) is 21.5. The summed E-state index contributed by atoms with van der Waals surface area (Å²) in [6, 6.07) is 12.1. The van der Waals surface area contributed by atoms with Gasteiger partial charge in [0, 0.05) is 38.0 Å². The third kappa shape index (κ3) is 6.96. The van der Waals surface area contributed by atoms with Gasteiger partial charge in [-0.1, -0.05) is 44.2 Å². The molecule has 30 heavy (non-hydrogen) atoms. The smallest absolute Gasteiger partial charge is 0.222 e. The summed E-state index contributed by atoms with van der Waals surface area (Å²) in [6.07, 6.45) is 1.56. The quantitative estimate of drug-likeness (QED) is 0.666. The van der Waals surface area contributed by atoms with Crippen molar-refractivity contribution in [2.75, 3.05) is 13.1 Å². The molecule has 0 bridgehead atoms. The molecule has 1 aromatic heterocycles. The van der Waals surface area contributed by atoms with Crippen molar-refractivity contribution in [1.82, 2.24) is 15.5 Å². The summed E-state index contributed by atoms with van der Waals surface area (Å²) >= 11 is 1.55. The molecule has 0 unspecified atom stereocenters. The minimum absolute atomic E-state index is 0.0671. The lowest BCUT2D eigenvalue weighted by Crippen LogP contribution is -2.38. The van der Waals surface area contributed by atoms with Gasteiger partial charge in [0.2, 0.25) is 11.8 Å². The fourth-order valence-corrected chi connectivity index (χ4v) is 5.14. The van der Waals surface area contributed by atoms with Gasteiger partial charge in [0.05, 0.1) is 12.5 Å². The first-order valence-electron chi connectivity index (χ1n) is 10.8. The predicted molar refractivity (Wildman–Crippen MR) is 122 cm³/mol. The second-order valence-corrected chi connectivity index (χ2v) is 9.69. The molecule has 0 spiro atoms. The van der Waals surface area contributed by atoms with Crippen molar-refractivity contribution < 1.29 is 9.59 Å². The van der Waals surface area contributed by atoms with Crippen LogP contribution in [0.1, 0.15) is 55.7 Å². The third-order valence-electron chi connectivity index (χ3n) is 5.52. The van der Waals surface area contributed by atoms with Gasteiger partial charge < -0.3 is 10.6 Å². The summed E-state index contributed by atoms with van der Waals surface area (Å²) in [4.78, 5) is 27.4. The van der Waals surface area contributed by atoms with Crippen LogP contribution in [-0.2, 0) is 22.7 Å². The van der Waals surface area contributed by atoms with Crippen molar-refractivity contribution in [3.8, 4) is 0 Å². The van der Waals surface area contributed by atoms with Crippen LogP contribution in [0.4, 0.5) is 0 Å². The Bertz CT molecular complexity index is 809. The maximum atomic E-state index is 12.4. The number of piperidine rings is 1. The van der Waals surface area contributed by atoms with E-state index in [0.29, 0.717) is 6.54 Å². The van der Waals surface area contributed by atoms with Gasteiger partial charge in [-0.15, -0.1) is 11.3 Å². The van der Waals surface area contributed by atoms with E-state index in [2.05, 4.69) is 53.6 Å². The maximum Gasteiger partial charge on any atom is 0.222 e. The maximum absolute atomic E-state index is 12.4. The number of benzene rings is 1. The van der Waals surface area contributed by atoms with Crippen molar-refractivity contribution in [2.45, 2.75) is 52.7 Å². The molecule has 3 atom stereocenters. The minimum atomic E-state index is -0.279. The summed E-state index contributed by atoms with van der Waals surface area (Å²) in [7, 11) is 0. The highest BCUT2D eigenvalue weighted by atomic mass is 32.1. The largest absolute Gasteiger partial charge is 0.352 e. The van der Waals surface area contributed by atoms with E-state index in [1.165, 1.54) is 32.0 Å². The molecule has 5 nitrogen and oxygen atoms in total. The molecule has 1 aromatic carbocycles. The number of hydrogen-bond donors (Lipinski definition) is 2. The molecule has 6 heteroatoms. The van der Waals surface area contributed by atoms with E-state index in [-0.39, 0.29) is 24.3 Å². The number of carbonyl (C=O) groups excluding carboxylic acids is 2. The standard InChI is InChI=1S/C24H33N3O2S/c1-17-11-18(2)15-27(14-17)16-21-8-6-20(7-9-21)13-25-24(29)12-22(26-19(3)28)23-5-4-10-30-23/h4-10,17-18,22H,11-16H2,1-3H3,(H,25,29)(H,26,28)/t17-,18-,22-/m1/s1. The Morgan fingerprint density at radius 2 is 1.77 bits per heavy atom. The number of carbonyl (C=O) groups is 2. The first kappa shape index (κ1) is 22.5. The van der Waals surface area contributed by atoms with Gasteiger partial charge in [0.15, 0.2) is 0 Å². The number of likely N-dealkylation sites (tertiary alicyclic amines) is 1. The lowest BCUT2D eigenvalue weighted by Gasteiger charge is -2.35. The SMILES string of the molecule is CC(=O)N[C@H](CC(=O)NCc1ccc(CN2C[C@H](C)C[C@@H](C)C2)cc1)c1cccs1. The number of nitrogens with zero attached hydrogens (tertiary/aromatic N) is 1. The predicted octanol–water partition coefficient (Wildman–Crippen LogP) is 4.11. The summed E-state index contributed by atoms with van der Waals surface area (Å²) < 4.78 is 0. The molecule has 2 N–H and O–H groups in total. The fourth-order valence-electron chi connectivity index (χ4n) is 4.36. The van der Waals surface area contributed by atoms with Crippen LogP contribution in [0.15, 0.2) is 41.8 Å². The number of amides is 2. The average Bonchev–Trinajstić information content (AvgIpc) is 3.20. The third-order valence-corrected chi connectivity index (χ3v) is 6.50. The number of rotatable bonds is 8. The van der Waals surface area contributed by atoms with Crippen LogP contribution >= 0.6 is 11.3 Å². The molecule has 3 rings (SSSR count). The van der Waals surface area contributed by atoms with Crippen molar-refractivity contribution in [3.05, 3.63) is 57.8 Å². The second-order valence-electron chi connectivity index (χ2n) is 8.71. The van der Waals surface area contributed by atoms with Crippen molar-refractivity contribution >= 4 is 23.2 Å². The Morgan fingerprint density at radius 1 is 1.10 bits per heavy atom. The highest BCUT2D eigenvalue weighted by Gasteiger charge is 2.21. The van der Waals surface area contributed by atoms with E-state index in [1.54, 1.807) is 11.3 Å². The van der Waals surface area contributed by atoms with E-state index in [1.807, 2.05) is 17.5 Å². The van der Waals surface area contributed by atoms with Crippen LogP contribution in [-0.4, -0.2) is 29.8 Å². The molecule has 0 aliphatic carbocycles. The highest BCUT2D eigenvalue weighted by molar-refractivity contribution is 7.10. The summed E-state index contributed by atoms with van der Waals surface area (Å²) in [5.74, 6) is 1.33. The van der Waals surface area contributed by atoms with E-state index < -0.39 is 0 Å². The second kappa shape index (κ2) is 10.7. The molecule has 1 fully saturated rings. The van der Waals surface area contributed by atoms with Gasteiger partial charge in [0.25, 0.3) is 0 Å². The monoisotopic (exact) mass is 427 g/mol. The normalized spacial score (nSPS) is 20.5. The molecule has 1 saturated heterocycles. The van der Waals surface area contributed by atoms with E-state index in [0.717, 1.165) is 28.8 Å². The van der Waals surface area contributed by atoms with Gasteiger partial charge in [-0.2, -0.15) is 0 Å². The van der Waals surface area contributed by atoms with E-state index in [4.69, 9.17) is 0 Å². The average molecular weight is 428 g/mol. The van der Waals surface area contributed by atoms with Crippen LogP contribution in [0.2, 0.25) is 0 Å². The van der Waals surface area contributed by atoms with Crippen molar-refractivity contribution in [1.29, 1.82) is 0 Å². The lowest BCUT2D eigenvalue weighted by atomic mass is 9.91. The Kier molecular flexibility index (Phi) is 8.05. The molecular weight excluding hydrogens is 394 g/mol. The summed E-state index contributed by atoms with van der Waals surface area (Å²) in [5.41, 5.74) is 2.40. The topological polar surface area (TPSA) is 61.4 Å². The summed E-state index contributed by atoms with van der Waals surface area (Å²) in [5, 5.41) is 7.80. The molecular formula is C24H33N3O2S. The molecule has 0 radical (unpaired) electrons. The molecule has 2 aromatic rings. The molecule has 2 amide bonds. The molecule has 162 valence electrons. The molecule has 1 aliphatic heterocycles. The van der Waals surface area contributed by atoms with Gasteiger partial charge in [-0.05, 0) is 40.8 Å².